The van der Waals surface area contributed by atoms with Crippen LogP contribution in [0.25, 0.3) is 44.9 Å². The van der Waals surface area contributed by atoms with Crippen molar-refractivity contribution in [3.8, 4) is 56.8 Å². The van der Waals surface area contributed by atoms with Gasteiger partial charge in [-0.3, -0.25) is 4.98 Å². The fourth-order valence-electron chi connectivity index (χ4n) is 5.66. The van der Waals surface area contributed by atoms with Gasteiger partial charge in [0.05, 0.1) is 11.4 Å². The molecule has 226 valence electrons. The second-order valence-electron chi connectivity index (χ2n) is 11.2. The topological polar surface area (TPSA) is 120 Å². The normalized spacial score (nSPS) is 13.2. The van der Waals surface area contributed by atoms with Gasteiger partial charge in [-0.1, -0.05) is 79.4 Å². The van der Waals surface area contributed by atoms with Gasteiger partial charge in [0.2, 0.25) is 5.75 Å². The Hall–Kier alpha value is -5.89. The molecule has 0 fully saturated rings. The molecule has 2 aromatic heterocycles. The molecule has 0 unspecified atom stereocenters. The Morgan fingerprint density at radius 3 is 2.39 bits per heavy atom. The predicted molar refractivity (Wildman–Crippen MR) is 186 cm³/mol. The highest BCUT2D eigenvalue weighted by atomic mass is 16.3. The largest absolute Gasteiger partial charge is 0.507 e. The number of pyridine rings is 1. The number of aromatic hydroxyl groups is 4. The molecule has 46 heavy (non-hydrogen) atoms. The van der Waals surface area contributed by atoms with Crippen molar-refractivity contribution in [2.45, 2.75) is 19.8 Å². The fourth-order valence-corrected chi connectivity index (χ4v) is 5.66. The molecular weight excluding hydrogens is 573 g/mol. The molecule has 0 aliphatic heterocycles. The van der Waals surface area contributed by atoms with E-state index in [1.165, 1.54) is 19.0 Å². The van der Waals surface area contributed by atoms with Crippen molar-refractivity contribution in [2.24, 2.45) is 0 Å². The number of hydrogen-bond acceptors (Lipinski definition) is 7. The number of allylic oxidation sites excluding steroid dienone is 7. The number of fused-ring (bicyclic) bond motifs is 1. The van der Waals surface area contributed by atoms with Crippen LogP contribution in [0.2, 0.25) is 0 Å². The lowest BCUT2D eigenvalue weighted by molar-refractivity contribution is 0.365. The minimum atomic E-state index is -0.758. The molecule has 0 saturated heterocycles. The molecule has 4 N–H and O–H groups in total. The standard InChI is InChI=1S/C38H32BN3O4/c1-3-23(28-15-7-10-24-9-4-5-14-29(24)28)17-16-22(2)30-20-31(26-12-6-11-25(19-26)27-13-8-18-40-21-27)42-38(41-30)32-34(43)33(39)36(45)37(46)35(32)44/h3-6,8-9,11-21,43-46H,1,7,10,39H2,2H3/b22-16+,23-17+. The second-order valence-corrected chi connectivity index (χ2v) is 11.2. The number of hydrogen-bond donors (Lipinski definition) is 4. The van der Waals surface area contributed by atoms with E-state index in [1.807, 2.05) is 73.7 Å². The molecule has 2 heterocycles. The average Bonchev–Trinajstić information content (AvgIpc) is 3.10. The van der Waals surface area contributed by atoms with Gasteiger partial charge in [-0.15, -0.1) is 0 Å². The Bertz CT molecular complexity index is 2060. The third kappa shape index (κ3) is 5.68. The van der Waals surface area contributed by atoms with Crippen molar-refractivity contribution >= 4 is 24.5 Å². The zero-order valence-electron chi connectivity index (χ0n) is 25.6. The first-order valence-corrected chi connectivity index (χ1v) is 14.9. The van der Waals surface area contributed by atoms with Crippen LogP contribution in [0.5, 0.6) is 23.0 Å². The van der Waals surface area contributed by atoms with Crippen molar-refractivity contribution in [2.75, 3.05) is 0 Å². The van der Waals surface area contributed by atoms with E-state index >= 15 is 0 Å². The van der Waals surface area contributed by atoms with Crippen molar-refractivity contribution < 1.29 is 20.4 Å². The number of phenolic OH excluding ortho intramolecular Hbond substituents is 4. The van der Waals surface area contributed by atoms with Gasteiger partial charge in [0.25, 0.3) is 0 Å². The van der Waals surface area contributed by atoms with E-state index in [4.69, 9.17) is 9.97 Å². The van der Waals surface area contributed by atoms with Crippen LogP contribution in [0, 0.1) is 0 Å². The van der Waals surface area contributed by atoms with Crippen LogP contribution in [0.15, 0.2) is 116 Å². The van der Waals surface area contributed by atoms with Gasteiger partial charge in [-0.05, 0) is 76.8 Å². The van der Waals surface area contributed by atoms with Gasteiger partial charge in [-0.2, -0.15) is 0 Å². The lowest BCUT2D eigenvalue weighted by Crippen LogP contribution is -2.07. The van der Waals surface area contributed by atoms with Gasteiger partial charge in [0.1, 0.15) is 19.2 Å². The Morgan fingerprint density at radius 1 is 0.826 bits per heavy atom. The summed E-state index contributed by atoms with van der Waals surface area (Å²) in [6, 6.07) is 21.9. The summed E-state index contributed by atoms with van der Waals surface area (Å²) in [5.74, 6) is -2.54. The molecule has 0 saturated carbocycles. The second kappa shape index (κ2) is 12.6. The molecule has 6 rings (SSSR count). The van der Waals surface area contributed by atoms with Crippen LogP contribution < -0.4 is 5.46 Å². The van der Waals surface area contributed by atoms with Gasteiger partial charge in [0.15, 0.2) is 17.3 Å². The van der Waals surface area contributed by atoms with Crippen molar-refractivity contribution in [3.63, 3.8) is 0 Å². The lowest BCUT2D eigenvalue weighted by atomic mass is 9.86. The monoisotopic (exact) mass is 605 g/mol. The van der Waals surface area contributed by atoms with Crippen molar-refractivity contribution in [3.05, 3.63) is 132 Å². The first-order valence-electron chi connectivity index (χ1n) is 14.9. The predicted octanol–water partition coefficient (Wildman–Crippen LogP) is 6.50. The molecule has 0 atom stereocenters. The van der Waals surface area contributed by atoms with E-state index in [9.17, 15) is 20.4 Å². The maximum atomic E-state index is 11.0. The van der Waals surface area contributed by atoms with Gasteiger partial charge >= 0.3 is 0 Å². The number of aromatic nitrogens is 3. The summed E-state index contributed by atoms with van der Waals surface area (Å²) >= 11 is 0. The lowest BCUT2D eigenvalue weighted by Gasteiger charge is -2.18. The molecule has 7 nitrogen and oxygen atoms in total. The molecule has 0 bridgehead atoms. The summed E-state index contributed by atoms with van der Waals surface area (Å²) in [5, 5.41) is 42.5. The molecular formula is C38H32BN3O4. The summed E-state index contributed by atoms with van der Waals surface area (Å²) in [6.07, 6.45) is 13.5. The van der Waals surface area contributed by atoms with Crippen LogP contribution in [0.3, 0.4) is 0 Å². The quantitative estimate of drug-likeness (QED) is 0.0724. The van der Waals surface area contributed by atoms with E-state index < -0.39 is 23.0 Å². The molecule has 0 amide bonds. The van der Waals surface area contributed by atoms with E-state index in [0.29, 0.717) is 11.4 Å². The van der Waals surface area contributed by atoms with E-state index in [0.717, 1.165) is 46.3 Å². The Balaban J connectivity index is 1.50. The Labute approximate surface area is 268 Å². The van der Waals surface area contributed by atoms with Crippen LogP contribution in [-0.4, -0.2) is 43.2 Å². The third-order valence-electron chi connectivity index (χ3n) is 8.25. The smallest absolute Gasteiger partial charge is 0.200 e. The van der Waals surface area contributed by atoms with Crippen LogP contribution in [0.4, 0.5) is 0 Å². The van der Waals surface area contributed by atoms with Crippen LogP contribution in [-0.2, 0) is 6.42 Å². The summed E-state index contributed by atoms with van der Waals surface area (Å²) < 4.78 is 0. The Kier molecular flexibility index (Phi) is 8.27. The summed E-state index contributed by atoms with van der Waals surface area (Å²) in [5.41, 5.74) is 8.89. The maximum Gasteiger partial charge on any atom is 0.200 e. The molecule has 5 aromatic rings. The molecule has 1 aliphatic rings. The Morgan fingerprint density at radius 2 is 1.61 bits per heavy atom. The van der Waals surface area contributed by atoms with E-state index in [2.05, 4.69) is 35.8 Å². The zero-order valence-corrected chi connectivity index (χ0v) is 25.6. The minimum absolute atomic E-state index is 0.00807. The zero-order chi connectivity index (χ0) is 32.4. The van der Waals surface area contributed by atoms with Crippen LogP contribution >= 0.6 is 0 Å². The fraction of sp³-hybridized carbons (Fsp3) is 0.0789. The van der Waals surface area contributed by atoms with Crippen molar-refractivity contribution in [1.82, 2.24) is 15.0 Å². The van der Waals surface area contributed by atoms with E-state index in [1.54, 1.807) is 12.4 Å². The number of phenols is 4. The highest BCUT2D eigenvalue weighted by molar-refractivity contribution is 6.37. The number of nitrogens with zero attached hydrogens (tertiary/aromatic N) is 3. The molecule has 0 spiro atoms. The molecule has 1 aliphatic carbocycles. The summed E-state index contributed by atoms with van der Waals surface area (Å²) in [4.78, 5) is 13.7. The first kappa shape index (κ1) is 30.2. The highest BCUT2D eigenvalue weighted by Gasteiger charge is 2.25. The minimum Gasteiger partial charge on any atom is -0.507 e. The van der Waals surface area contributed by atoms with E-state index in [-0.39, 0.29) is 16.9 Å². The summed E-state index contributed by atoms with van der Waals surface area (Å²) in [7, 11) is 1.43. The highest BCUT2D eigenvalue weighted by Crippen LogP contribution is 2.46. The average molecular weight is 606 g/mol. The van der Waals surface area contributed by atoms with Crippen LogP contribution in [0.1, 0.15) is 30.2 Å². The summed E-state index contributed by atoms with van der Waals surface area (Å²) in [6.45, 7) is 5.99. The van der Waals surface area contributed by atoms with Crippen molar-refractivity contribution in [1.29, 1.82) is 0 Å². The maximum absolute atomic E-state index is 11.0. The SMILES string of the molecule is Bc1c(O)c(O)c(O)c(-c2nc(/C(C)=C/C=C(\C=C)C3=CCCc4ccccc43)cc(-c3cccc(-c4cccnc4)c3)n2)c1O. The number of aryl methyl sites for hydroxylation is 1. The van der Waals surface area contributed by atoms with Gasteiger partial charge < -0.3 is 20.4 Å². The third-order valence-corrected chi connectivity index (χ3v) is 8.25. The van der Waals surface area contributed by atoms with Gasteiger partial charge in [-0.25, -0.2) is 9.97 Å². The molecule has 0 radical (unpaired) electrons. The number of rotatable bonds is 7. The molecule has 8 heteroatoms. The number of benzene rings is 3. The van der Waals surface area contributed by atoms with Gasteiger partial charge in [0, 0.05) is 23.5 Å². The molecule has 3 aromatic carbocycles. The first-order chi connectivity index (χ1) is 22.3.